The van der Waals surface area contributed by atoms with E-state index in [0.717, 1.165) is 47.7 Å². The summed E-state index contributed by atoms with van der Waals surface area (Å²) in [5.74, 6) is 1.56. The van der Waals surface area contributed by atoms with Crippen LogP contribution in [0.1, 0.15) is 50.7 Å². The van der Waals surface area contributed by atoms with Crippen LogP contribution < -0.4 is 14.8 Å². The predicted octanol–water partition coefficient (Wildman–Crippen LogP) is 4.48. The average molecular weight is 473 g/mol. The van der Waals surface area contributed by atoms with E-state index in [9.17, 15) is 4.79 Å². The van der Waals surface area contributed by atoms with E-state index in [1.54, 1.807) is 25.3 Å². The molecule has 2 aromatic carbocycles. The lowest BCUT2D eigenvalue weighted by Crippen LogP contribution is -2.23. The minimum Gasteiger partial charge on any atom is -0.493 e. The van der Waals surface area contributed by atoms with E-state index in [1.165, 1.54) is 11.3 Å². The lowest BCUT2D eigenvalue weighted by atomic mass is 10.1. The van der Waals surface area contributed by atoms with Gasteiger partial charge >= 0.3 is 0 Å². The topological polar surface area (TPSA) is 91.4 Å². The normalized spacial score (nSPS) is 12.4. The molecule has 35 heavy (non-hydrogen) atoms. The highest BCUT2D eigenvalue weighted by molar-refractivity contribution is 5.94. The van der Waals surface area contributed by atoms with Gasteiger partial charge in [-0.1, -0.05) is 23.4 Å². The van der Waals surface area contributed by atoms with E-state index >= 15 is 0 Å². The second-order valence-electron chi connectivity index (χ2n) is 8.61. The van der Waals surface area contributed by atoms with E-state index in [-0.39, 0.29) is 5.91 Å². The van der Waals surface area contributed by atoms with Gasteiger partial charge in [0.05, 0.1) is 36.3 Å². The Bertz CT molecular complexity index is 1340. The number of aryl methyl sites for hydroxylation is 2. The van der Waals surface area contributed by atoms with Crippen LogP contribution in [0.25, 0.3) is 5.69 Å². The van der Waals surface area contributed by atoms with Crippen LogP contribution in [0.15, 0.2) is 53.1 Å². The smallest absolute Gasteiger partial charge is 0.251 e. The van der Waals surface area contributed by atoms with Crippen molar-refractivity contribution in [3.05, 3.63) is 88.1 Å². The van der Waals surface area contributed by atoms with E-state index < -0.39 is 0 Å². The fourth-order valence-corrected chi connectivity index (χ4v) is 4.49. The molecule has 0 fully saturated rings. The van der Waals surface area contributed by atoms with E-state index in [2.05, 4.69) is 22.6 Å². The van der Waals surface area contributed by atoms with Crippen molar-refractivity contribution in [3.63, 3.8) is 0 Å². The van der Waals surface area contributed by atoms with Crippen molar-refractivity contribution in [2.75, 3.05) is 7.11 Å². The molecule has 2 heterocycles. The number of carbonyl (C=O) groups excluding carboxylic acids is 1. The van der Waals surface area contributed by atoms with E-state index in [0.29, 0.717) is 30.2 Å². The molecular weight excluding hydrogens is 444 g/mol. The number of amides is 1. The van der Waals surface area contributed by atoms with Crippen LogP contribution in [0.5, 0.6) is 11.5 Å². The van der Waals surface area contributed by atoms with E-state index in [4.69, 9.17) is 19.1 Å². The Morgan fingerprint density at radius 2 is 1.94 bits per heavy atom. The molecule has 2 aromatic heterocycles. The van der Waals surface area contributed by atoms with Gasteiger partial charge in [-0.25, -0.2) is 4.68 Å². The summed E-state index contributed by atoms with van der Waals surface area (Å²) in [4.78, 5) is 12.9. The van der Waals surface area contributed by atoms with Gasteiger partial charge in [-0.3, -0.25) is 4.79 Å². The molecule has 5 rings (SSSR count). The van der Waals surface area contributed by atoms with Gasteiger partial charge < -0.3 is 19.3 Å². The largest absolute Gasteiger partial charge is 0.493 e. The number of nitrogens with zero attached hydrogens (tertiary/aromatic N) is 3. The molecule has 0 saturated carbocycles. The Labute approximate surface area is 203 Å². The number of nitrogens with one attached hydrogen (secondary N) is 1. The lowest BCUT2D eigenvalue weighted by Gasteiger charge is -2.12. The summed E-state index contributed by atoms with van der Waals surface area (Å²) < 4.78 is 18.6. The second-order valence-corrected chi connectivity index (χ2v) is 8.61. The standard InChI is InChI=1S/C27H28N4O4/c1-17-22(18(2)35-30-17)16-34-25-13-12-19(14-26(25)33-3)27(32)28-15-23-21-10-7-11-24(21)31(29-23)20-8-5-4-6-9-20/h4-6,8-9,12-14H,7,10-11,15-16H2,1-3H3,(H,28,32). The van der Waals surface area contributed by atoms with Crippen LogP contribution >= 0.6 is 0 Å². The molecule has 4 aromatic rings. The Morgan fingerprint density at radius 3 is 2.69 bits per heavy atom. The third kappa shape index (κ3) is 4.51. The highest BCUT2D eigenvalue weighted by Gasteiger charge is 2.23. The first-order valence-electron chi connectivity index (χ1n) is 11.7. The van der Waals surface area contributed by atoms with Gasteiger partial charge in [-0.15, -0.1) is 0 Å². The number of rotatable bonds is 8. The molecule has 1 amide bonds. The molecule has 1 N–H and O–H groups in total. The lowest BCUT2D eigenvalue weighted by molar-refractivity contribution is 0.0950. The maximum atomic E-state index is 12.9. The number of hydrogen-bond donors (Lipinski definition) is 1. The second kappa shape index (κ2) is 9.66. The third-order valence-electron chi connectivity index (χ3n) is 6.41. The quantitative estimate of drug-likeness (QED) is 0.407. The van der Waals surface area contributed by atoms with Gasteiger partial charge in [0.2, 0.25) is 0 Å². The zero-order valence-corrected chi connectivity index (χ0v) is 20.1. The Hall–Kier alpha value is -4.07. The van der Waals surface area contributed by atoms with Crippen molar-refractivity contribution in [1.82, 2.24) is 20.3 Å². The first-order chi connectivity index (χ1) is 17.0. The molecule has 0 bridgehead atoms. The van der Waals surface area contributed by atoms with Crippen molar-refractivity contribution < 1.29 is 18.8 Å². The summed E-state index contributed by atoms with van der Waals surface area (Å²) in [7, 11) is 1.55. The third-order valence-corrected chi connectivity index (χ3v) is 6.41. The summed E-state index contributed by atoms with van der Waals surface area (Å²) in [6.07, 6.45) is 3.09. The molecule has 0 atom stereocenters. The van der Waals surface area contributed by atoms with Gasteiger partial charge in [0, 0.05) is 11.3 Å². The molecule has 1 aliphatic carbocycles. The number of fused-ring (bicyclic) bond motifs is 1. The van der Waals surface area contributed by atoms with Crippen molar-refractivity contribution in [3.8, 4) is 17.2 Å². The van der Waals surface area contributed by atoms with Gasteiger partial charge in [-0.05, 0) is 69.0 Å². The number of carbonyl (C=O) groups is 1. The van der Waals surface area contributed by atoms with Crippen LogP contribution in [0.2, 0.25) is 0 Å². The summed E-state index contributed by atoms with van der Waals surface area (Å²) in [6.45, 7) is 4.39. The summed E-state index contributed by atoms with van der Waals surface area (Å²) in [5, 5.41) is 11.8. The predicted molar refractivity (Wildman–Crippen MR) is 130 cm³/mol. The van der Waals surface area contributed by atoms with E-state index in [1.807, 2.05) is 36.7 Å². The van der Waals surface area contributed by atoms with Gasteiger partial charge in [-0.2, -0.15) is 5.10 Å². The first-order valence-corrected chi connectivity index (χ1v) is 11.7. The van der Waals surface area contributed by atoms with Crippen molar-refractivity contribution in [2.24, 2.45) is 0 Å². The molecule has 8 nitrogen and oxygen atoms in total. The number of aromatic nitrogens is 3. The first kappa shape index (κ1) is 22.7. The highest BCUT2D eigenvalue weighted by Crippen LogP contribution is 2.30. The maximum Gasteiger partial charge on any atom is 0.251 e. The number of methoxy groups -OCH3 is 1. The number of hydrogen-bond acceptors (Lipinski definition) is 6. The fourth-order valence-electron chi connectivity index (χ4n) is 4.49. The van der Waals surface area contributed by atoms with Crippen molar-refractivity contribution in [1.29, 1.82) is 0 Å². The monoisotopic (exact) mass is 472 g/mol. The molecule has 0 saturated heterocycles. The summed E-state index contributed by atoms with van der Waals surface area (Å²) >= 11 is 0. The zero-order chi connectivity index (χ0) is 24.4. The minimum atomic E-state index is -0.193. The summed E-state index contributed by atoms with van der Waals surface area (Å²) in [5.41, 5.74) is 6.62. The molecule has 8 heteroatoms. The van der Waals surface area contributed by atoms with Crippen LogP contribution in [0.3, 0.4) is 0 Å². The fraction of sp³-hybridized carbons (Fsp3) is 0.296. The molecule has 0 spiro atoms. The molecule has 180 valence electrons. The van der Waals surface area contributed by atoms with Gasteiger partial charge in [0.25, 0.3) is 5.91 Å². The van der Waals surface area contributed by atoms with Crippen molar-refractivity contribution >= 4 is 5.91 Å². The van der Waals surface area contributed by atoms with Crippen LogP contribution in [-0.2, 0) is 26.0 Å². The minimum absolute atomic E-state index is 0.193. The summed E-state index contributed by atoms with van der Waals surface area (Å²) in [6, 6.07) is 15.3. The van der Waals surface area contributed by atoms with Crippen LogP contribution in [0.4, 0.5) is 0 Å². The molecule has 0 radical (unpaired) electrons. The van der Waals surface area contributed by atoms with Crippen LogP contribution in [0, 0.1) is 13.8 Å². The maximum absolute atomic E-state index is 12.9. The molecule has 0 unspecified atom stereocenters. The molecule has 0 aliphatic heterocycles. The number of benzene rings is 2. The number of para-hydroxylation sites is 1. The molecule has 1 aliphatic rings. The van der Waals surface area contributed by atoms with Crippen molar-refractivity contribution in [2.45, 2.75) is 46.3 Å². The average Bonchev–Trinajstić information content (AvgIpc) is 3.58. The zero-order valence-electron chi connectivity index (χ0n) is 20.1. The van der Waals surface area contributed by atoms with Gasteiger partial charge in [0.1, 0.15) is 12.4 Å². The Balaban J connectivity index is 1.28. The Morgan fingerprint density at radius 1 is 1.11 bits per heavy atom. The number of ether oxygens (including phenoxy) is 2. The van der Waals surface area contributed by atoms with Crippen LogP contribution in [-0.4, -0.2) is 28.0 Å². The Kier molecular flexibility index (Phi) is 6.27. The molecular formula is C27H28N4O4. The SMILES string of the molecule is COc1cc(C(=O)NCc2nn(-c3ccccc3)c3c2CCC3)ccc1OCc1c(C)noc1C. The highest BCUT2D eigenvalue weighted by atomic mass is 16.5. The van der Waals surface area contributed by atoms with Gasteiger partial charge in [0.15, 0.2) is 11.5 Å².